The Balaban J connectivity index is 2.22. The molecule has 22 heavy (non-hydrogen) atoms. The first kappa shape index (κ1) is 16.8. The van der Waals surface area contributed by atoms with Crippen molar-refractivity contribution < 1.29 is 13.2 Å². The zero-order chi connectivity index (χ0) is 16.2. The first-order valence-electron chi connectivity index (χ1n) is 7.52. The van der Waals surface area contributed by atoms with Crippen molar-refractivity contribution in [3.63, 3.8) is 0 Å². The molecule has 0 spiro atoms. The molecule has 0 saturated carbocycles. The monoisotopic (exact) mass is 325 g/mol. The number of anilines is 1. The van der Waals surface area contributed by atoms with E-state index in [0.29, 0.717) is 17.7 Å². The van der Waals surface area contributed by atoms with Crippen LogP contribution in [0.1, 0.15) is 30.1 Å². The quantitative estimate of drug-likeness (QED) is 0.826. The molecule has 0 bridgehead atoms. The van der Waals surface area contributed by atoms with Crippen LogP contribution in [-0.4, -0.2) is 51.2 Å². The second-order valence-corrected chi connectivity index (χ2v) is 7.37. The Morgan fingerprint density at radius 2 is 2.14 bits per heavy atom. The van der Waals surface area contributed by atoms with Gasteiger partial charge < -0.3 is 10.2 Å². The molecular formula is C15H23N3O3S. The lowest BCUT2D eigenvalue weighted by molar-refractivity contribution is 0.0745. The van der Waals surface area contributed by atoms with E-state index >= 15 is 0 Å². The fourth-order valence-electron chi connectivity index (χ4n) is 2.57. The van der Waals surface area contributed by atoms with Gasteiger partial charge in [0.1, 0.15) is 0 Å². The highest BCUT2D eigenvalue weighted by molar-refractivity contribution is 7.92. The highest BCUT2D eigenvalue weighted by atomic mass is 32.2. The van der Waals surface area contributed by atoms with Gasteiger partial charge in [0.25, 0.3) is 5.91 Å². The van der Waals surface area contributed by atoms with E-state index in [1.54, 1.807) is 43.1 Å². The van der Waals surface area contributed by atoms with E-state index in [0.717, 1.165) is 19.5 Å². The number of amides is 1. The summed E-state index contributed by atoms with van der Waals surface area (Å²) in [6, 6.07) is 6.89. The van der Waals surface area contributed by atoms with Crippen molar-refractivity contribution in [2.24, 2.45) is 0 Å². The van der Waals surface area contributed by atoms with E-state index in [1.807, 2.05) is 0 Å². The number of sulfonamides is 1. The third-order valence-electron chi connectivity index (χ3n) is 3.80. The molecule has 1 unspecified atom stereocenters. The van der Waals surface area contributed by atoms with E-state index in [9.17, 15) is 13.2 Å². The second kappa shape index (κ2) is 7.11. The van der Waals surface area contributed by atoms with Crippen molar-refractivity contribution in [3.05, 3.63) is 29.8 Å². The van der Waals surface area contributed by atoms with Crippen LogP contribution in [0.5, 0.6) is 0 Å². The lowest BCUT2D eigenvalue weighted by Gasteiger charge is -2.25. The van der Waals surface area contributed by atoms with Gasteiger partial charge >= 0.3 is 0 Å². The number of carbonyl (C=O) groups is 1. The Morgan fingerprint density at radius 3 is 2.77 bits per heavy atom. The maximum Gasteiger partial charge on any atom is 0.256 e. The SMILES string of the molecule is CCCS(=O)(=O)Nc1ccccc1C(=O)N(C)C1CCNC1. The molecule has 1 aliphatic rings. The number of likely N-dealkylation sites (N-methyl/N-ethyl adjacent to an activating group) is 1. The predicted octanol–water partition coefficient (Wildman–Crippen LogP) is 1.27. The van der Waals surface area contributed by atoms with Gasteiger partial charge in [-0.1, -0.05) is 19.1 Å². The summed E-state index contributed by atoms with van der Waals surface area (Å²) in [5, 5.41) is 3.22. The summed E-state index contributed by atoms with van der Waals surface area (Å²) in [5.74, 6) is -0.124. The lowest BCUT2D eigenvalue weighted by Crippen LogP contribution is -2.38. The maximum absolute atomic E-state index is 12.7. The van der Waals surface area contributed by atoms with Crippen molar-refractivity contribution in [3.8, 4) is 0 Å². The average molecular weight is 325 g/mol. The van der Waals surface area contributed by atoms with Gasteiger partial charge in [-0.3, -0.25) is 9.52 Å². The Morgan fingerprint density at radius 1 is 1.41 bits per heavy atom. The van der Waals surface area contributed by atoms with E-state index < -0.39 is 10.0 Å². The molecule has 0 aromatic heterocycles. The zero-order valence-corrected chi connectivity index (χ0v) is 13.8. The molecule has 0 radical (unpaired) electrons. The first-order chi connectivity index (χ1) is 10.4. The fraction of sp³-hybridized carbons (Fsp3) is 0.533. The van der Waals surface area contributed by atoms with E-state index in [-0.39, 0.29) is 17.7 Å². The van der Waals surface area contributed by atoms with Gasteiger partial charge in [-0.25, -0.2) is 8.42 Å². The van der Waals surface area contributed by atoms with Crippen molar-refractivity contribution in [1.29, 1.82) is 0 Å². The molecule has 1 aromatic rings. The van der Waals surface area contributed by atoms with Crippen LogP contribution in [0.3, 0.4) is 0 Å². The first-order valence-corrected chi connectivity index (χ1v) is 9.17. The molecule has 1 aliphatic heterocycles. The molecule has 1 saturated heterocycles. The number of hydrogen-bond donors (Lipinski definition) is 2. The Hall–Kier alpha value is -1.60. The summed E-state index contributed by atoms with van der Waals surface area (Å²) in [6.45, 7) is 3.47. The summed E-state index contributed by atoms with van der Waals surface area (Å²) in [6.07, 6.45) is 1.44. The third kappa shape index (κ3) is 3.98. The topological polar surface area (TPSA) is 78.5 Å². The molecule has 1 aromatic carbocycles. The van der Waals surface area contributed by atoms with Crippen LogP contribution in [-0.2, 0) is 10.0 Å². The lowest BCUT2D eigenvalue weighted by atomic mass is 10.1. The van der Waals surface area contributed by atoms with Crippen LogP contribution >= 0.6 is 0 Å². The van der Waals surface area contributed by atoms with Crippen LogP contribution in [0, 0.1) is 0 Å². The minimum atomic E-state index is -3.42. The Kier molecular flexibility index (Phi) is 5.42. The van der Waals surface area contributed by atoms with E-state index in [1.165, 1.54) is 0 Å². The van der Waals surface area contributed by atoms with Crippen molar-refractivity contribution in [2.75, 3.05) is 30.6 Å². The minimum absolute atomic E-state index is 0.0396. The average Bonchev–Trinajstić information content (AvgIpc) is 3.00. The summed E-state index contributed by atoms with van der Waals surface area (Å²) in [5.41, 5.74) is 0.732. The number of hydrogen-bond acceptors (Lipinski definition) is 4. The van der Waals surface area contributed by atoms with Gasteiger partial charge in [0.15, 0.2) is 0 Å². The Labute approximate surface area is 131 Å². The van der Waals surface area contributed by atoms with Gasteiger partial charge in [0.05, 0.1) is 17.0 Å². The van der Waals surface area contributed by atoms with Crippen LogP contribution in [0.15, 0.2) is 24.3 Å². The molecular weight excluding hydrogens is 302 g/mol. The molecule has 1 heterocycles. The number of benzene rings is 1. The van der Waals surface area contributed by atoms with E-state index in [2.05, 4.69) is 10.0 Å². The molecule has 1 amide bonds. The smallest absolute Gasteiger partial charge is 0.256 e. The summed E-state index contributed by atoms with van der Waals surface area (Å²) in [7, 11) is -1.66. The third-order valence-corrected chi connectivity index (χ3v) is 5.27. The zero-order valence-electron chi connectivity index (χ0n) is 13.0. The molecule has 122 valence electrons. The van der Waals surface area contributed by atoms with E-state index in [4.69, 9.17) is 0 Å². The Bertz CT molecular complexity index is 625. The number of nitrogens with one attached hydrogen (secondary N) is 2. The molecule has 6 nitrogen and oxygen atoms in total. The minimum Gasteiger partial charge on any atom is -0.337 e. The van der Waals surface area contributed by atoms with Crippen molar-refractivity contribution in [1.82, 2.24) is 10.2 Å². The van der Waals surface area contributed by atoms with Crippen molar-refractivity contribution in [2.45, 2.75) is 25.8 Å². The number of rotatable bonds is 6. The molecule has 2 rings (SSSR count). The predicted molar refractivity (Wildman–Crippen MR) is 87.5 cm³/mol. The van der Waals surface area contributed by atoms with Crippen LogP contribution < -0.4 is 10.0 Å². The van der Waals surface area contributed by atoms with Gasteiger partial charge in [0, 0.05) is 19.6 Å². The molecule has 2 N–H and O–H groups in total. The van der Waals surface area contributed by atoms with Gasteiger partial charge in [-0.05, 0) is 31.5 Å². The highest BCUT2D eigenvalue weighted by Gasteiger charge is 2.26. The molecule has 1 fully saturated rings. The van der Waals surface area contributed by atoms with Gasteiger partial charge in [-0.2, -0.15) is 0 Å². The highest BCUT2D eigenvalue weighted by Crippen LogP contribution is 2.20. The number of carbonyl (C=O) groups excluding carboxylic acids is 1. The van der Waals surface area contributed by atoms with Crippen LogP contribution in [0.4, 0.5) is 5.69 Å². The molecule has 0 aliphatic carbocycles. The number of nitrogens with zero attached hydrogens (tertiary/aromatic N) is 1. The molecule has 7 heteroatoms. The van der Waals surface area contributed by atoms with Gasteiger partial charge in [0.2, 0.25) is 10.0 Å². The second-order valence-electron chi connectivity index (χ2n) is 5.53. The summed E-state index contributed by atoms with van der Waals surface area (Å²) >= 11 is 0. The number of para-hydroxylation sites is 1. The van der Waals surface area contributed by atoms with Crippen LogP contribution in [0.2, 0.25) is 0 Å². The van der Waals surface area contributed by atoms with Crippen molar-refractivity contribution >= 4 is 21.6 Å². The van der Waals surface area contributed by atoms with Gasteiger partial charge in [-0.15, -0.1) is 0 Å². The maximum atomic E-state index is 12.7. The fourth-order valence-corrected chi connectivity index (χ4v) is 3.72. The molecule has 1 atom stereocenters. The normalized spacial score (nSPS) is 18.2. The summed E-state index contributed by atoms with van der Waals surface area (Å²) in [4.78, 5) is 14.3. The van der Waals surface area contributed by atoms with Crippen LogP contribution in [0.25, 0.3) is 0 Å². The summed E-state index contributed by atoms with van der Waals surface area (Å²) < 4.78 is 26.4. The largest absolute Gasteiger partial charge is 0.337 e. The standard InChI is InChI=1S/C15H23N3O3S/c1-3-10-22(20,21)17-14-7-5-4-6-13(14)15(19)18(2)12-8-9-16-11-12/h4-7,12,16-17H,3,8-11H2,1-2H3.